The minimum absolute atomic E-state index is 0.132. The molecule has 0 saturated carbocycles. The molecule has 0 radical (unpaired) electrons. The second-order valence-electron chi connectivity index (χ2n) is 7.20. The molecule has 1 amide bonds. The number of aryl methyl sites for hydroxylation is 2. The van der Waals surface area contributed by atoms with Crippen molar-refractivity contribution in [1.29, 1.82) is 0 Å². The van der Waals surface area contributed by atoms with Crippen molar-refractivity contribution in [3.8, 4) is 0 Å². The van der Waals surface area contributed by atoms with Crippen molar-refractivity contribution in [2.45, 2.75) is 26.2 Å². The quantitative estimate of drug-likeness (QED) is 0.739. The van der Waals surface area contributed by atoms with Crippen molar-refractivity contribution >= 4 is 5.91 Å². The third-order valence-corrected chi connectivity index (χ3v) is 5.06. The van der Waals surface area contributed by atoms with Crippen molar-refractivity contribution in [2.24, 2.45) is 11.8 Å². The van der Waals surface area contributed by atoms with Gasteiger partial charge < -0.3 is 14.7 Å². The van der Waals surface area contributed by atoms with Gasteiger partial charge in [0.05, 0.1) is 13.2 Å². The molecule has 3 heterocycles. The van der Waals surface area contributed by atoms with E-state index in [2.05, 4.69) is 20.1 Å². The number of rotatable bonds is 6. The second-order valence-corrected chi connectivity index (χ2v) is 7.20. The molecule has 0 unspecified atom stereocenters. The van der Waals surface area contributed by atoms with Gasteiger partial charge in [-0.25, -0.2) is 4.98 Å². The van der Waals surface area contributed by atoms with Crippen LogP contribution in [0, 0.1) is 18.8 Å². The zero-order valence-corrected chi connectivity index (χ0v) is 15.0. The van der Waals surface area contributed by atoms with Crippen LogP contribution in [0.15, 0.2) is 0 Å². The highest BCUT2D eigenvalue weighted by molar-refractivity contribution is 5.76. The van der Waals surface area contributed by atoms with Crippen molar-refractivity contribution in [2.75, 3.05) is 52.5 Å². The van der Waals surface area contributed by atoms with Crippen molar-refractivity contribution in [1.82, 2.24) is 25.0 Å². The van der Waals surface area contributed by atoms with Crippen molar-refractivity contribution < 1.29 is 14.6 Å². The minimum atomic E-state index is 0.132. The SMILES string of the molecule is Cc1nc(CCC(=O)N2C[C@H](CO)C[C@H](CN3CCOCC3)C2)n[nH]1. The summed E-state index contributed by atoms with van der Waals surface area (Å²) in [6.07, 6.45) is 1.95. The number of carbonyl (C=O) groups excluding carboxylic acids is 1. The highest BCUT2D eigenvalue weighted by Crippen LogP contribution is 2.23. The van der Waals surface area contributed by atoms with Gasteiger partial charge in [0.15, 0.2) is 5.82 Å². The number of likely N-dealkylation sites (tertiary alicyclic amines) is 1. The Labute approximate surface area is 148 Å². The van der Waals surface area contributed by atoms with Crippen molar-refractivity contribution in [3.05, 3.63) is 11.6 Å². The van der Waals surface area contributed by atoms with Crippen LogP contribution in [0.2, 0.25) is 0 Å². The maximum Gasteiger partial charge on any atom is 0.223 e. The molecule has 2 aliphatic heterocycles. The van der Waals surface area contributed by atoms with Gasteiger partial charge in [-0.15, -0.1) is 0 Å². The van der Waals surface area contributed by atoms with Crippen LogP contribution < -0.4 is 0 Å². The van der Waals surface area contributed by atoms with Gasteiger partial charge in [-0.3, -0.25) is 14.8 Å². The highest BCUT2D eigenvalue weighted by atomic mass is 16.5. The molecule has 0 spiro atoms. The first-order valence-corrected chi connectivity index (χ1v) is 9.20. The molecule has 8 nitrogen and oxygen atoms in total. The molecular formula is C17H29N5O3. The predicted octanol–water partition coefficient (Wildman–Crippen LogP) is -0.165. The Balaban J connectivity index is 1.52. The van der Waals surface area contributed by atoms with E-state index in [4.69, 9.17) is 4.74 Å². The smallest absolute Gasteiger partial charge is 0.223 e. The average molecular weight is 351 g/mol. The first kappa shape index (κ1) is 18.3. The first-order chi connectivity index (χ1) is 12.1. The number of nitrogens with one attached hydrogen (secondary N) is 1. The van der Waals surface area contributed by atoms with Gasteiger partial charge in [-0.05, 0) is 25.2 Å². The Morgan fingerprint density at radius 2 is 2.08 bits per heavy atom. The molecule has 25 heavy (non-hydrogen) atoms. The van der Waals surface area contributed by atoms with Gasteiger partial charge in [-0.2, -0.15) is 5.10 Å². The van der Waals surface area contributed by atoms with Gasteiger partial charge in [-0.1, -0.05) is 0 Å². The molecule has 140 valence electrons. The lowest BCUT2D eigenvalue weighted by atomic mass is 9.89. The fraction of sp³-hybridized carbons (Fsp3) is 0.824. The van der Waals surface area contributed by atoms with Crippen LogP contribution in [0.1, 0.15) is 24.5 Å². The number of aromatic amines is 1. The lowest BCUT2D eigenvalue weighted by molar-refractivity contribution is -0.134. The summed E-state index contributed by atoms with van der Waals surface area (Å²) in [5, 5.41) is 16.5. The number of nitrogens with zero attached hydrogens (tertiary/aromatic N) is 4. The minimum Gasteiger partial charge on any atom is -0.396 e. The predicted molar refractivity (Wildman–Crippen MR) is 92.0 cm³/mol. The molecule has 3 rings (SSSR count). The molecule has 0 bridgehead atoms. The normalized spacial score (nSPS) is 25.3. The van der Waals surface area contributed by atoms with Crippen LogP contribution in [-0.2, 0) is 16.0 Å². The molecule has 0 aromatic carbocycles. The fourth-order valence-corrected chi connectivity index (χ4v) is 3.81. The number of hydrogen-bond acceptors (Lipinski definition) is 6. The van der Waals surface area contributed by atoms with Gasteiger partial charge in [0.25, 0.3) is 0 Å². The van der Waals surface area contributed by atoms with Crippen LogP contribution in [0.4, 0.5) is 0 Å². The maximum atomic E-state index is 12.6. The number of hydrogen-bond donors (Lipinski definition) is 2. The van der Waals surface area contributed by atoms with Crippen LogP contribution in [0.25, 0.3) is 0 Å². The summed E-state index contributed by atoms with van der Waals surface area (Å²) in [5.41, 5.74) is 0. The Hall–Kier alpha value is -1.51. The van der Waals surface area contributed by atoms with Gasteiger partial charge >= 0.3 is 0 Å². The Morgan fingerprint density at radius 3 is 2.76 bits per heavy atom. The molecule has 2 N–H and O–H groups in total. The Morgan fingerprint density at radius 1 is 1.32 bits per heavy atom. The molecule has 1 aromatic heterocycles. The van der Waals surface area contributed by atoms with E-state index >= 15 is 0 Å². The maximum absolute atomic E-state index is 12.6. The third kappa shape index (κ3) is 5.23. The molecule has 1 aromatic rings. The summed E-state index contributed by atoms with van der Waals surface area (Å²) in [7, 11) is 0. The number of amides is 1. The zero-order chi connectivity index (χ0) is 17.6. The van der Waals surface area contributed by atoms with E-state index < -0.39 is 0 Å². The molecule has 2 atom stereocenters. The monoisotopic (exact) mass is 351 g/mol. The molecule has 0 aliphatic carbocycles. The van der Waals surface area contributed by atoms with E-state index in [1.165, 1.54) is 0 Å². The van der Waals surface area contributed by atoms with Gasteiger partial charge in [0, 0.05) is 52.2 Å². The van der Waals surface area contributed by atoms with Crippen LogP contribution in [0.3, 0.4) is 0 Å². The average Bonchev–Trinajstić information content (AvgIpc) is 3.05. The lowest BCUT2D eigenvalue weighted by Gasteiger charge is -2.40. The van der Waals surface area contributed by atoms with Crippen molar-refractivity contribution in [3.63, 3.8) is 0 Å². The van der Waals surface area contributed by atoms with E-state index in [-0.39, 0.29) is 18.4 Å². The molecule has 2 fully saturated rings. The number of aliphatic hydroxyl groups excluding tert-OH is 1. The van der Waals surface area contributed by atoms with Gasteiger partial charge in [0.2, 0.25) is 5.91 Å². The summed E-state index contributed by atoms with van der Waals surface area (Å²) in [6.45, 7) is 7.89. The summed E-state index contributed by atoms with van der Waals surface area (Å²) < 4.78 is 5.41. The highest BCUT2D eigenvalue weighted by Gasteiger charge is 2.31. The lowest BCUT2D eigenvalue weighted by Crippen LogP contribution is -2.49. The van der Waals surface area contributed by atoms with E-state index in [0.29, 0.717) is 31.1 Å². The summed E-state index contributed by atoms with van der Waals surface area (Å²) in [5.74, 6) is 2.18. The van der Waals surface area contributed by atoms with E-state index in [1.54, 1.807) is 0 Å². The molecule has 2 saturated heterocycles. The topological polar surface area (TPSA) is 94.6 Å². The van der Waals surface area contributed by atoms with E-state index in [9.17, 15) is 9.90 Å². The van der Waals surface area contributed by atoms with E-state index in [0.717, 1.165) is 51.6 Å². The van der Waals surface area contributed by atoms with Crippen LogP contribution >= 0.6 is 0 Å². The Bertz CT molecular complexity index is 558. The largest absolute Gasteiger partial charge is 0.396 e. The molecular weight excluding hydrogens is 322 g/mol. The number of carbonyl (C=O) groups is 1. The summed E-state index contributed by atoms with van der Waals surface area (Å²) in [4.78, 5) is 21.2. The number of piperidine rings is 1. The molecule has 8 heteroatoms. The first-order valence-electron chi connectivity index (χ1n) is 9.20. The molecule has 2 aliphatic rings. The fourth-order valence-electron chi connectivity index (χ4n) is 3.81. The zero-order valence-electron chi connectivity index (χ0n) is 15.0. The Kier molecular flexibility index (Phi) is 6.39. The number of H-pyrrole nitrogens is 1. The standard InChI is InChI=1S/C17H29N5O3/c1-13-18-16(20-19-13)2-3-17(24)22-10-14(8-15(11-22)12-23)9-21-4-6-25-7-5-21/h14-15,23H,2-12H2,1H3,(H,18,19,20)/t14-,15-/m1/s1. The van der Waals surface area contributed by atoms with Crippen LogP contribution in [0.5, 0.6) is 0 Å². The van der Waals surface area contributed by atoms with Gasteiger partial charge in [0.1, 0.15) is 5.82 Å². The number of aliphatic hydroxyl groups is 1. The van der Waals surface area contributed by atoms with Crippen LogP contribution in [-0.4, -0.2) is 88.5 Å². The number of ether oxygens (including phenoxy) is 1. The van der Waals surface area contributed by atoms with E-state index in [1.807, 2.05) is 11.8 Å². The second kappa shape index (κ2) is 8.73. The number of aromatic nitrogens is 3. The summed E-state index contributed by atoms with van der Waals surface area (Å²) in [6, 6.07) is 0. The number of morpholine rings is 1. The summed E-state index contributed by atoms with van der Waals surface area (Å²) >= 11 is 0. The third-order valence-electron chi connectivity index (χ3n) is 5.06.